The minimum absolute atomic E-state index is 0.0545. The summed E-state index contributed by atoms with van der Waals surface area (Å²) < 4.78 is 25.0. The van der Waals surface area contributed by atoms with Gasteiger partial charge in [0.2, 0.25) is 5.91 Å². The maximum absolute atomic E-state index is 13.3. The van der Waals surface area contributed by atoms with Crippen molar-refractivity contribution in [2.45, 2.75) is 18.6 Å². The molecule has 3 nitrogen and oxygen atoms in total. The number of rotatable bonds is 6. The number of nitrogens with one attached hydrogen (secondary N) is 1. The second-order valence-corrected chi connectivity index (χ2v) is 6.02. The molecule has 18 heavy (non-hydrogen) atoms. The zero-order chi connectivity index (χ0) is 13.0. The maximum atomic E-state index is 13.3. The summed E-state index contributed by atoms with van der Waals surface area (Å²) in [6.45, 7) is 0.676. The maximum Gasteiger partial charge on any atom is 0.232 e. The van der Waals surface area contributed by atoms with Crippen LogP contribution in [0, 0.1) is 11.7 Å². The van der Waals surface area contributed by atoms with Gasteiger partial charge in [-0.2, -0.15) is 0 Å². The van der Waals surface area contributed by atoms with Gasteiger partial charge in [0, 0.05) is 22.9 Å². The Kier molecular flexibility index (Phi) is 4.47. The second kappa shape index (κ2) is 6.09. The van der Waals surface area contributed by atoms with E-state index in [1.54, 1.807) is 18.2 Å². The van der Waals surface area contributed by atoms with E-state index >= 15 is 0 Å². The van der Waals surface area contributed by atoms with Gasteiger partial charge in [-0.15, -0.1) is 0 Å². The number of hydrogen-bond donors (Lipinski definition) is 1. The molecule has 0 bridgehead atoms. The molecule has 0 spiro atoms. The van der Waals surface area contributed by atoms with E-state index in [9.17, 15) is 13.4 Å². The van der Waals surface area contributed by atoms with E-state index in [4.69, 9.17) is 0 Å². The number of halogens is 1. The first-order chi connectivity index (χ1) is 8.65. The molecule has 98 valence electrons. The van der Waals surface area contributed by atoms with E-state index in [1.807, 2.05) is 0 Å². The van der Waals surface area contributed by atoms with Gasteiger partial charge < -0.3 is 5.32 Å². The van der Waals surface area contributed by atoms with Gasteiger partial charge in [0.05, 0.1) is 5.75 Å². The molecule has 0 aliphatic heterocycles. The van der Waals surface area contributed by atoms with E-state index in [1.165, 1.54) is 18.9 Å². The summed E-state index contributed by atoms with van der Waals surface area (Å²) in [6, 6.07) is 6.21. The molecule has 1 aromatic carbocycles. The fourth-order valence-electron chi connectivity index (χ4n) is 1.62. The summed E-state index contributed by atoms with van der Waals surface area (Å²) in [5.74, 6) is 0.0552. The predicted molar refractivity (Wildman–Crippen MR) is 68.8 cm³/mol. The normalized spacial score (nSPS) is 16.3. The summed E-state index contributed by atoms with van der Waals surface area (Å²) in [4.78, 5) is 11.5. The van der Waals surface area contributed by atoms with E-state index in [0.717, 1.165) is 0 Å². The van der Waals surface area contributed by atoms with E-state index < -0.39 is 10.8 Å². The van der Waals surface area contributed by atoms with Gasteiger partial charge in [-0.25, -0.2) is 4.39 Å². The summed E-state index contributed by atoms with van der Waals surface area (Å²) in [5.41, 5.74) is 0.394. The molecule has 1 saturated carbocycles. The Morgan fingerprint density at radius 1 is 1.39 bits per heavy atom. The summed E-state index contributed by atoms with van der Waals surface area (Å²) >= 11 is 0. The fourth-order valence-corrected chi connectivity index (χ4v) is 2.69. The molecule has 1 fully saturated rings. The zero-order valence-electron chi connectivity index (χ0n) is 10.0. The highest BCUT2D eigenvalue weighted by molar-refractivity contribution is 7.84. The van der Waals surface area contributed by atoms with Crippen molar-refractivity contribution < 1.29 is 13.4 Å². The monoisotopic (exact) mass is 269 g/mol. The average molecular weight is 269 g/mol. The van der Waals surface area contributed by atoms with Crippen LogP contribution in [0.3, 0.4) is 0 Å². The molecule has 2 rings (SSSR count). The van der Waals surface area contributed by atoms with Crippen molar-refractivity contribution in [3.63, 3.8) is 0 Å². The van der Waals surface area contributed by atoms with Crippen LogP contribution in [0.2, 0.25) is 0 Å². The first kappa shape index (κ1) is 13.2. The van der Waals surface area contributed by atoms with Gasteiger partial charge >= 0.3 is 0 Å². The van der Waals surface area contributed by atoms with Gasteiger partial charge in [-0.1, -0.05) is 18.2 Å². The predicted octanol–water partition coefficient (Wildman–Crippen LogP) is 1.60. The Morgan fingerprint density at radius 2 is 2.11 bits per heavy atom. The molecule has 0 heterocycles. The minimum atomic E-state index is -1.36. The molecule has 1 atom stereocenters. The molecule has 1 N–H and O–H groups in total. The van der Waals surface area contributed by atoms with Crippen molar-refractivity contribution in [1.29, 1.82) is 0 Å². The van der Waals surface area contributed by atoms with Crippen LogP contribution < -0.4 is 5.32 Å². The highest BCUT2D eigenvalue weighted by Gasteiger charge is 2.22. The van der Waals surface area contributed by atoms with Gasteiger partial charge in [0.1, 0.15) is 11.6 Å². The van der Waals surface area contributed by atoms with Crippen molar-refractivity contribution in [3.8, 4) is 0 Å². The Balaban J connectivity index is 1.77. The summed E-state index contributed by atoms with van der Waals surface area (Å²) in [5, 5.41) is 2.75. The Labute approximate surface area is 108 Å². The van der Waals surface area contributed by atoms with Crippen molar-refractivity contribution in [3.05, 3.63) is 35.6 Å². The molecule has 1 aliphatic carbocycles. The van der Waals surface area contributed by atoms with Crippen LogP contribution in [0.25, 0.3) is 0 Å². The van der Waals surface area contributed by atoms with Gasteiger partial charge in [0.15, 0.2) is 0 Å². The first-order valence-corrected chi connectivity index (χ1v) is 7.49. The van der Waals surface area contributed by atoms with Crippen LogP contribution in [0.4, 0.5) is 4.39 Å². The lowest BCUT2D eigenvalue weighted by atomic mass is 10.2. The molecule has 1 unspecified atom stereocenters. The second-order valence-electron chi connectivity index (χ2n) is 4.57. The van der Waals surface area contributed by atoms with Crippen LogP contribution in [-0.4, -0.2) is 22.4 Å². The van der Waals surface area contributed by atoms with E-state index in [2.05, 4.69) is 5.32 Å². The largest absolute Gasteiger partial charge is 0.355 e. The van der Waals surface area contributed by atoms with Crippen molar-refractivity contribution in [2.24, 2.45) is 5.92 Å². The SMILES string of the molecule is O=C(CS(=O)Cc1ccccc1F)NCC1CC1. The molecule has 1 aromatic rings. The van der Waals surface area contributed by atoms with Gasteiger partial charge in [0.25, 0.3) is 0 Å². The lowest BCUT2D eigenvalue weighted by Crippen LogP contribution is -2.30. The van der Waals surface area contributed by atoms with Crippen molar-refractivity contribution in [1.82, 2.24) is 5.32 Å². The first-order valence-electron chi connectivity index (χ1n) is 6.00. The topological polar surface area (TPSA) is 46.2 Å². The van der Waals surface area contributed by atoms with Crippen LogP contribution in [-0.2, 0) is 21.3 Å². The standard InChI is InChI=1S/C13H16FNO2S/c14-12-4-2-1-3-11(12)8-18(17)9-13(16)15-7-10-5-6-10/h1-4,10H,5-9H2,(H,15,16). The minimum Gasteiger partial charge on any atom is -0.355 e. The average Bonchev–Trinajstić information content (AvgIpc) is 3.13. The lowest BCUT2D eigenvalue weighted by Gasteiger charge is -2.05. The molecular formula is C13H16FNO2S. The number of carbonyl (C=O) groups is 1. The quantitative estimate of drug-likeness (QED) is 0.852. The van der Waals surface area contributed by atoms with Crippen LogP contribution in [0.1, 0.15) is 18.4 Å². The smallest absolute Gasteiger partial charge is 0.232 e. The number of amides is 1. The summed E-state index contributed by atoms with van der Waals surface area (Å²) in [7, 11) is -1.36. The molecule has 1 amide bonds. The molecular weight excluding hydrogens is 253 g/mol. The molecule has 0 aromatic heterocycles. The van der Waals surface area contributed by atoms with Crippen molar-refractivity contribution in [2.75, 3.05) is 12.3 Å². The van der Waals surface area contributed by atoms with Crippen LogP contribution in [0.15, 0.2) is 24.3 Å². The highest BCUT2D eigenvalue weighted by atomic mass is 32.2. The third-order valence-corrected chi connectivity index (χ3v) is 4.07. The summed E-state index contributed by atoms with van der Waals surface area (Å²) in [6.07, 6.45) is 2.33. The highest BCUT2D eigenvalue weighted by Crippen LogP contribution is 2.27. The third-order valence-electron chi connectivity index (χ3n) is 2.85. The number of benzene rings is 1. The zero-order valence-corrected chi connectivity index (χ0v) is 10.8. The Hall–Kier alpha value is -1.23. The van der Waals surface area contributed by atoms with E-state index in [-0.39, 0.29) is 23.2 Å². The van der Waals surface area contributed by atoms with Gasteiger partial charge in [-0.3, -0.25) is 9.00 Å². The lowest BCUT2D eigenvalue weighted by molar-refractivity contribution is -0.118. The van der Waals surface area contributed by atoms with Crippen LogP contribution >= 0.6 is 0 Å². The number of carbonyl (C=O) groups excluding carboxylic acids is 1. The van der Waals surface area contributed by atoms with Gasteiger partial charge in [-0.05, 0) is 24.8 Å². The number of hydrogen-bond acceptors (Lipinski definition) is 2. The Bertz CT molecular complexity index is 460. The van der Waals surface area contributed by atoms with Crippen molar-refractivity contribution >= 4 is 16.7 Å². The molecule has 1 aliphatic rings. The molecule has 0 radical (unpaired) electrons. The molecule has 0 saturated heterocycles. The Morgan fingerprint density at radius 3 is 2.78 bits per heavy atom. The fraction of sp³-hybridized carbons (Fsp3) is 0.462. The molecule has 5 heteroatoms. The van der Waals surface area contributed by atoms with Crippen LogP contribution in [0.5, 0.6) is 0 Å². The third kappa shape index (κ3) is 4.22. The van der Waals surface area contributed by atoms with E-state index in [0.29, 0.717) is 18.0 Å².